The average Bonchev–Trinajstić information content (AvgIpc) is 3.08. The first kappa shape index (κ1) is 22.9. The molecule has 1 aromatic carbocycles. The van der Waals surface area contributed by atoms with Crippen LogP contribution in [0.4, 0.5) is 13.2 Å². The first-order valence-corrected chi connectivity index (χ1v) is 12.1. The van der Waals surface area contributed by atoms with Crippen LogP contribution in [0.1, 0.15) is 123 Å². The minimum Gasteiger partial charge on any atom is -0.388 e. The molecule has 3 aliphatic rings. The molecule has 6 heteroatoms. The summed E-state index contributed by atoms with van der Waals surface area (Å²) in [6.45, 7) is 6.30. The van der Waals surface area contributed by atoms with Crippen molar-refractivity contribution in [2.75, 3.05) is 0 Å². The predicted octanol–water partition coefficient (Wildman–Crippen LogP) is 7.33. The molecule has 1 fully saturated rings. The van der Waals surface area contributed by atoms with Gasteiger partial charge in [0.1, 0.15) is 6.10 Å². The van der Waals surface area contributed by atoms with Crippen molar-refractivity contribution in [3.05, 3.63) is 63.5 Å². The van der Waals surface area contributed by atoms with Crippen LogP contribution in [0.15, 0.2) is 24.3 Å². The highest BCUT2D eigenvalue weighted by atomic mass is 19.4. The fourth-order valence-corrected chi connectivity index (χ4v) is 6.21. The smallest absolute Gasteiger partial charge is 0.388 e. The van der Waals surface area contributed by atoms with Gasteiger partial charge in [0, 0.05) is 16.8 Å². The van der Waals surface area contributed by atoms with Crippen LogP contribution in [0, 0.1) is 5.41 Å². The van der Waals surface area contributed by atoms with Crippen molar-refractivity contribution >= 4 is 0 Å². The van der Waals surface area contributed by atoms with E-state index in [9.17, 15) is 18.3 Å². The maximum atomic E-state index is 13.1. The number of alkyl halides is 3. The fraction of sp³-hybridized carbons (Fsp3) is 0.593. The third-order valence-corrected chi connectivity index (χ3v) is 7.69. The molecule has 0 saturated heterocycles. The van der Waals surface area contributed by atoms with Crippen molar-refractivity contribution < 1.29 is 23.0 Å². The maximum Gasteiger partial charge on any atom is 0.416 e. The van der Waals surface area contributed by atoms with Crippen molar-refractivity contribution in [3.8, 4) is 0 Å². The molecule has 178 valence electrons. The van der Waals surface area contributed by atoms with Crippen LogP contribution >= 0.6 is 0 Å². The summed E-state index contributed by atoms with van der Waals surface area (Å²) in [5, 5.41) is 11.3. The Morgan fingerprint density at radius 3 is 2.30 bits per heavy atom. The molecule has 0 amide bonds. The summed E-state index contributed by atoms with van der Waals surface area (Å²) < 4.78 is 45.7. The van der Waals surface area contributed by atoms with E-state index in [1.165, 1.54) is 24.1 Å². The number of hydrogen-bond donors (Lipinski definition) is 1. The van der Waals surface area contributed by atoms with Crippen LogP contribution in [0.3, 0.4) is 0 Å². The molecule has 2 aliphatic carbocycles. The highest BCUT2D eigenvalue weighted by Crippen LogP contribution is 2.53. The lowest BCUT2D eigenvalue weighted by molar-refractivity contribution is -0.137. The summed E-state index contributed by atoms with van der Waals surface area (Å²) in [6, 6.07) is 5.31. The molecule has 33 heavy (non-hydrogen) atoms. The van der Waals surface area contributed by atoms with Crippen molar-refractivity contribution in [3.63, 3.8) is 0 Å². The molecule has 2 unspecified atom stereocenters. The third-order valence-electron chi connectivity index (χ3n) is 7.69. The number of benzene rings is 1. The third kappa shape index (κ3) is 4.10. The predicted molar refractivity (Wildman–Crippen MR) is 120 cm³/mol. The summed E-state index contributed by atoms with van der Waals surface area (Å²) >= 11 is 0. The Labute approximate surface area is 193 Å². The maximum absolute atomic E-state index is 13.1. The van der Waals surface area contributed by atoms with Gasteiger partial charge in [0.25, 0.3) is 0 Å². The second-order valence-electron chi connectivity index (χ2n) is 10.9. The van der Waals surface area contributed by atoms with Gasteiger partial charge < -0.3 is 9.84 Å². The fourth-order valence-electron chi connectivity index (χ4n) is 6.21. The van der Waals surface area contributed by atoms with Gasteiger partial charge in [-0.3, -0.25) is 4.98 Å². The summed E-state index contributed by atoms with van der Waals surface area (Å²) in [4.78, 5) is 5.04. The highest BCUT2D eigenvalue weighted by molar-refractivity contribution is 5.52. The number of hydrogen-bond acceptors (Lipinski definition) is 3. The molecule has 1 saturated carbocycles. The zero-order valence-corrected chi connectivity index (χ0v) is 19.5. The van der Waals surface area contributed by atoms with Gasteiger partial charge in [-0.1, -0.05) is 45.2 Å². The van der Waals surface area contributed by atoms with E-state index in [0.717, 1.165) is 66.8 Å². The minimum atomic E-state index is -4.37. The number of ether oxygens (including phenoxy) is 1. The first-order valence-electron chi connectivity index (χ1n) is 12.1. The van der Waals surface area contributed by atoms with E-state index in [1.54, 1.807) is 0 Å². The second-order valence-corrected chi connectivity index (χ2v) is 10.9. The van der Waals surface area contributed by atoms with Crippen molar-refractivity contribution in [1.29, 1.82) is 0 Å². The molecule has 0 spiro atoms. The van der Waals surface area contributed by atoms with Crippen LogP contribution in [0.25, 0.3) is 0 Å². The number of halogens is 3. The van der Waals surface area contributed by atoms with Crippen LogP contribution < -0.4 is 0 Å². The molecule has 3 nitrogen and oxygen atoms in total. The van der Waals surface area contributed by atoms with Gasteiger partial charge in [-0.15, -0.1) is 0 Å². The molecule has 3 atom stereocenters. The highest BCUT2D eigenvalue weighted by Gasteiger charge is 2.43. The lowest BCUT2D eigenvalue weighted by Gasteiger charge is -2.38. The van der Waals surface area contributed by atoms with Crippen LogP contribution in [-0.4, -0.2) is 10.1 Å². The molecular formula is C27H32F3NO2. The Hall–Kier alpha value is -1.92. The Morgan fingerprint density at radius 1 is 1.00 bits per heavy atom. The largest absolute Gasteiger partial charge is 0.416 e. The number of aromatic nitrogens is 1. The van der Waals surface area contributed by atoms with Crippen LogP contribution in [-0.2, 0) is 17.3 Å². The SMILES string of the molecule is CC1OC(c2ccc(C(F)(F)F)cc2)c2c1nc1c(c2C2CCCCC2)[C@@H](O)CC(C)(C)C1. The molecule has 2 heterocycles. The summed E-state index contributed by atoms with van der Waals surface area (Å²) in [5.74, 6) is 0.325. The quantitative estimate of drug-likeness (QED) is 0.511. The van der Waals surface area contributed by atoms with Gasteiger partial charge >= 0.3 is 6.18 Å². The van der Waals surface area contributed by atoms with Crippen molar-refractivity contribution in [1.82, 2.24) is 4.98 Å². The van der Waals surface area contributed by atoms with Gasteiger partial charge in [0.2, 0.25) is 0 Å². The topological polar surface area (TPSA) is 42.4 Å². The Balaban J connectivity index is 1.67. The Morgan fingerprint density at radius 2 is 1.67 bits per heavy atom. The molecule has 2 aromatic rings. The van der Waals surface area contributed by atoms with E-state index in [1.807, 2.05) is 6.92 Å². The second kappa shape index (κ2) is 8.09. The van der Waals surface area contributed by atoms with Gasteiger partial charge in [0.05, 0.1) is 23.5 Å². The van der Waals surface area contributed by atoms with Crippen LogP contribution in [0.5, 0.6) is 0 Å². The van der Waals surface area contributed by atoms with Gasteiger partial charge in [-0.05, 0) is 67.2 Å². The number of nitrogens with zero attached hydrogens (tertiary/aromatic N) is 1. The molecule has 1 N–H and O–H groups in total. The summed E-state index contributed by atoms with van der Waals surface area (Å²) in [6.07, 6.45) is 1.48. The van der Waals surface area contributed by atoms with Gasteiger partial charge in [0.15, 0.2) is 0 Å². The standard InChI is InChI=1S/C27H32F3NO2/c1-15-24-23(25(33-15)17-9-11-18(12-10-17)27(28,29)30)21(16-7-5-4-6-8-16)22-19(31-24)13-26(2,3)14-20(22)32/h9-12,15-16,20,25,32H,4-8,13-14H2,1-3H3/t15?,20-,25?/m0/s1. The molecule has 0 radical (unpaired) electrons. The molecular weight excluding hydrogens is 427 g/mol. The number of aliphatic hydroxyl groups excluding tert-OH is 1. The number of rotatable bonds is 2. The van der Waals surface area contributed by atoms with E-state index in [2.05, 4.69) is 13.8 Å². The lowest BCUT2D eigenvalue weighted by Crippen LogP contribution is -2.29. The average molecular weight is 460 g/mol. The van der Waals surface area contributed by atoms with Gasteiger partial charge in [-0.2, -0.15) is 13.2 Å². The van der Waals surface area contributed by atoms with E-state index in [-0.39, 0.29) is 11.5 Å². The summed E-state index contributed by atoms with van der Waals surface area (Å²) in [5.41, 5.74) is 5.01. The van der Waals surface area contributed by atoms with E-state index >= 15 is 0 Å². The van der Waals surface area contributed by atoms with E-state index < -0.39 is 23.9 Å². The molecule has 5 rings (SSSR count). The van der Waals surface area contributed by atoms with Crippen LogP contribution in [0.2, 0.25) is 0 Å². The number of aliphatic hydroxyl groups is 1. The number of fused-ring (bicyclic) bond motifs is 2. The lowest BCUT2D eigenvalue weighted by atomic mass is 9.69. The zero-order chi connectivity index (χ0) is 23.5. The summed E-state index contributed by atoms with van der Waals surface area (Å²) in [7, 11) is 0. The van der Waals surface area contributed by atoms with E-state index in [0.29, 0.717) is 17.9 Å². The van der Waals surface area contributed by atoms with Gasteiger partial charge in [-0.25, -0.2) is 0 Å². The minimum absolute atomic E-state index is 0.0347. The number of pyridine rings is 1. The Bertz CT molecular complexity index is 1040. The van der Waals surface area contributed by atoms with Crippen molar-refractivity contribution in [2.45, 2.75) is 96.1 Å². The monoisotopic (exact) mass is 459 g/mol. The molecule has 1 aliphatic heterocycles. The van der Waals surface area contributed by atoms with E-state index in [4.69, 9.17) is 9.72 Å². The molecule has 0 bridgehead atoms. The zero-order valence-electron chi connectivity index (χ0n) is 19.5. The first-order chi connectivity index (χ1) is 15.5. The normalized spacial score (nSPS) is 27.3. The Kier molecular flexibility index (Phi) is 5.60. The van der Waals surface area contributed by atoms with Crippen molar-refractivity contribution in [2.24, 2.45) is 5.41 Å². The molecule has 1 aromatic heterocycles.